The van der Waals surface area contributed by atoms with E-state index in [1.807, 2.05) is 53.4 Å². The molecule has 2 aromatic rings. The second kappa shape index (κ2) is 9.57. The summed E-state index contributed by atoms with van der Waals surface area (Å²) in [6.07, 6.45) is 0. The number of hydrogen-bond donors (Lipinski definition) is 1. The highest BCUT2D eigenvalue weighted by Crippen LogP contribution is 2.29. The van der Waals surface area contributed by atoms with Gasteiger partial charge in [0.1, 0.15) is 6.61 Å². The number of hydrogen-bond acceptors (Lipinski definition) is 3. The van der Waals surface area contributed by atoms with E-state index in [-0.39, 0.29) is 0 Å². The fraction of sp³-hybridized carbons (Fsp3) is 0.350. The van der Waals surface area contributed by atoms with E-state index >= 15 is 0 Å². The predicted molar refractivity (Wildman–Crippen MR) is 102 cm³/mol. The Kier molecular flexibility index (Phi) is 7.14. The SMILES string of the molecule is CCN(CC)C(N)=NCc1ccc(OCc2ccccc2)c(OC)c1. The molecule has 0 heterocycles. The molecular formula is C20H27N3O2. The predicted octanol–water partition coefficient (Wildman–Crippen LogP) is 3.43. The van der Waals surface area contributed by atoms with Crippen LogP contribution in [0.5, 0.6) is 11.5 Å². The molecule has 0 aliphatic rings. The summed E-state index contributed by atoms with van der Waals surface area (Å²) in [4.78, 5) is 6.48. The molecule has 134 valence electrons. The summed E-state index contributed by atoms with van der Waals surface area (Å²) in [6, 6.07) is 15.9. The highest BCUT2D eigenvalue weighted by molar-refractivity contribution is 5.78. The molecule has 0 radical (unpaired) electrons. The number of benzene rings is 2. The van der Waals surface area contributed by atoms with Crippen LogP contribution in [-0.2, 0) is 13.2 Å². The van der Waals surface area contributed by atoms with Gasteiger partial charge in [0.15, 0.2) is 17.5 Å². The monoisotopic (exact) mass is 341 g/mol. The normalized spacial score (nSPS) is 11.2. The first-order valence-electron chi connectivity index (χ1n) is 8.56. The average Bonchev–Trinajstić information content (AvgIpc) is 2.66. The standard InChI is InChI=1S/C20H27N3O2/c1-4-23(5-2)20(21)22-14-17-11-12-18(19(13-17)24-3)25-15-16-9-7-6-8-10-16/h6-13H,4-5,14-15H2,1-3H3,(H2,21,22). The van der Waals surface area contributed by atoms with Crippen LogP contribution in [0.2, 0.25) is 0 Å². The van der Waals surface area contributed by atoms with Gasteiger partial charge in [-0.1, -0.05) is 36.4 Å². The van der Waals surface area contributed by atoms with Crippen molar-refractivity contribution in [2.75, 3.05) is 20.2 Å². The first-order valence-corrected chi connectivity index (χ1v) is 8.56. The van der Waals surface area contributed by atoms with Gasteiger partial charge in [0.25, 0.3) is 0 Å². The largest absolute Gasteiger partial charge is 0.493 e. The van der Waals surface area contributed by atoms with E-state index in [0.717, 1.165) is 30.0 Å². The second-order valence-corrected chi connectivity index (χ2v) is 5.61. The third-order valence-electron chi connectivity index (χ3n) is 3.98. The van der Waals surface area contributed by atoms with Crippen molar-refractivity contribution < 1.29 is 9.47 Å². The Labute approximate surface area is 150 Å². The molecule has 5 nitrogen and oxygen atoms in total. The number of methoxy groups -OCH3 is 1. The number of rotatable bonds is 8. The second-order valence-electron chi connectivity index (χ2n) is 5.61. The minimum Gasteiger partial charge on any atom is -0.493 e. The molecule has 2 rings (SSSR count). The van der Waals surface area contributed by atoms with Gasteiger partial charge in [0.2, 0.25) is 0 Å². The molecule has 0 aliphatic heterocycles. The lowest BCUT2D eigenvalue weighted by Crippen LogP contribution is -2.37. The number of nitrogens with two attached hydrogens (primary N) is 1. The van der Waals surface area contributed by atoms with Gasteiger partial charge in [-0.25, -0.2) is 4.99 Å². The van der Waals surface area contributed by atoms with Gasteiger partial charge < -0.3 is 20.1 Å². The molecule has 2 N–H and O–H groups in total. The van der Waals surface area contributed by atoms with Crippen LogP contribution in [0.25, 0.3) is 0 Å². The third-order valence-corrected chi connectivity index (χ3v) is 3.98. The van der Waals surface area contributed by atoms with Crippen molar-refractivity contribution in [2.24, 2.45) is 10.7 Å². The minimum atomic E-state index is 0.504. The van der Waals surface area contributed by atoms with Gasteiger partial charge in [-0.15, -0.1) is 0 Å². The number of ether oxygens (including phenoxy) is 2. The maximum Gasteiger partial charge on any atom is 0.191 e. The highest BCUT2D eigenvalue weighted by atomic mass is 16.5. The number of nitrogens with zero attached hydrogens (tertiary/aromatic N) is 2. The summed E-state index contributed by atoms with van der Waals surface area (Å²) >= 11 is 0. The highest BCUT2D eigenvalue weighted by Gasteiger charge is 2.07. The van der Waals surface area contributed by atoms with E-state index in [0.29, 0.717) is 24.9 Å². The molecule has 0 unspecified atom stereocenters. The molecule has 5 heteroatoms. The summed E-state index contributed by atoms with van der Waals surface area (Å²) in [7, 11) is 1.64. The van der Waals surface area contributed by atoms with Gasteiger partial charge in [0, 0.05) is 13.1 Å². The fourth-order valence-electron chi connectivity index (χ4n) is 2.48. The van der Waals surface area contributed by atoms with Crippen LogP contribution in [0.4, 0.5) is 0 Å². The fourth-order valence-corrected chi connectivity index (χ4v) is 2.48. The zero-order valence-corrected chi connectivity index (χ0v) is 15.2. The smallest absolute Gasteiger partial charge is 0.191 e. The van der Waals surface area contributed by atoms with Crippen LogP contribution >= 0.6 is 0 Å². The van der Waals surface area contributed by atoms with Gasteiger partial charge >= 0.3 is 0 Å². The average molecular weight is 341 g/mol. The van der Waals surface area contributed by atoms with E-state index in [9.17, 15) is 0 Å². The topological polar surface area (TPSA) is 60.1 Å². The number of aliphatic imine (C=N–C) groups is 1. The summed E-state index contributed by atoms with van der Waals surface area (Å²) < 4.78 is 11.3. The molecule has 0 saturated carbocycles. The molecule has 0 bridgehead atoms. The first kappa shape index (κ1) is 18.6. The van der Waals surface area contributed by atoms with Crippen LogP contribution in [0.3, 0.4) is 0 Å². The summed E-state index contributed by atoms with van der Waals surface area (Å²) in [5.74, 6) is 1.98. The van der Waals surface area contributed by atoms with E-state index in [1.54, 1.807) is 7.11 Å². The van der Waals surface area contributed by atoms with Crippen molar-refractivity contribution in [3.05, 3.63) is 59.7 Å². The lowest BCUT2D eigenvalue weighted by atomic mass is 10.2. The Morgan fingerprint density at radius 3 is 2.36 bits per heavy atom. The molecule has 25 heavy (non-hydrogen) atoms. The molecule has 0 atom stereocenters. The van der Waals surface area contributed by atoms with Crippen molar-refractivity contribution in [3.8, 4) is 11.5 Å². The van der Waals surface area contributed by atoms with Gasteiger partial charge in [-0.2, -0.15) is 0 Å². The summed E-state index contributed by atoms with van der Waals surface area (Å²) in [6.45, 7) is 6.84. The van der Waals surface area contributed by atoms with Crippen molar-refractivity contribution in [1.29, 1.82) is 0 Å². The first-order chi connectivity index (χ1) is 12.2. The zero-order valence-electron chi connectivity index (χ0n) is 15.2. The van der Waals surface area contributed by atoms with Gasteiger partial charge in [-0.3, -0.25) is 0 Å². The van der Waals surface area contributed by atoms with E-state index in [4.69, 9.17) is 15.2 Å². The molecule has 0 aromatic heterocycles. The van der Waals surface area contributed by atoms with Crippen molar-refractivity contribution in [3.63, 3.8) is 0 Å². The molecule has 0 amide bonds. The minimum absolute atomic E-state index is 0.504. The Balaban J connectivity index is 2.04. The molecule has 0 aliphatic carbocycles. The molecule has 0 saturated heterocycles. The van der Waals surface area contributed by atoms with Crippen LogP contribution in [0.15, 0.2) is 53.5 Å². The maximum atomic E-state index is 6.02. The lowest BCUT2D eigenvalue weighted by Gasteiger charge is -2.19. The molecular weight excluding hydrogens is 314 g/mol. The summed E-state index contributed by atoms with van der Waals surface area (Å²) in [5, 5.41) is 0. The molecule has 2 aromatic carbocycles. The van der Waals surface area contributed by atoms with Crippen LogP contribution in [0, 0.1) is 0 Å². The van der Waals surface area contributed by atoms with Crippen LogP contribution in [-0.4, -0.2) is 31.1 Å². The lowest BCUT2D eigenvalue weighted by molar-refractivity contribution is 0.284. The summed E-state index contributed by atoms with van der Waals surface area (Å²) in [5.41, 5.74) is 8.16. The molecule has 0 spiro atoms. The van der Waals surface area contributed by atoms with Crippen molar-refractivity contribution in [1.82, 2.24) is 4.90 Å². The quantitative estimate of drug-likeness (QED) is 0.590. The maximum absolute atomic E-state index is 6.02. The van der Waals surface area contributed by atoms with E-state index < -0.39 is 0 Å². The Morgan fingerprint density at radius 1 is 1.00 bits per heavy atom. The van der Waals surface area contributed by atoms with Crippen LogP contribution in [0.1, 0.15) is 25.0 Å². The number of guanidine groups is 1. The van der Waals surface area contributed by atoms with Gasteiger partial charge in [-0.05, 0) is 37.1 Å². The van der Waals surface area contributed by atoms with Crippen LogP contribution < -0.4 is 15.2 Å². The Bertz CT molecular complexity index is 683. The van der Waals surface area contributed by atoms with Gasteiger partial charge in [0.05, 0.1) is 13.7 Å². The Hall–Kier alpha value is -2.69. The van der Waals surface area contributed by atoms with Crippen molar-refractivity contribution >= 4 is 5.96 Å². The van der Waals surface area contributed by atoms with E-state index in [2.05, 4.69) is 18.8 Å². The zero-order chi connectivity index (χ0) is 18.1. The van der Waals surface area contributed by atoms with E-state index in [1.165, 1.54) is 0 Å². The Morgan fingerprint density at radius 2 is 1.72 bits per heavy atom. The molecule has 0 fully saturated rings. The third kappa shape index (κ3) is 5.41. The van der Waals surface area contributed by atoms with Crippen molar-refractivity contribution in [2.45, 2.75) is 27.0 Å².